The molecule has 4 atom stereocenters. The second kappa shape index (κ2) is 8.49. The molecule has 2 rings (SSSR count). The van der Waals surface area contributed by atoms with E-state index in [1.165, 1.54) is 6.42 Å². The van der Waals surface area contributed by atoms with Crippen molar-refractivity contribution in [1.82, 2.24) is 5.32 Å². The van der Waals surface area contributed by atoms with Crippen molar-refractivity contribution in [3.63, 3.8) is 0 Å². The van der Waals surface area contributed by atoms with Crippen molar-refractivity contribution in [2.45, 2.75) is 52.5 Å². The molecule has 0 aromatic heterocycles. The SMILES string of the molecule is CC(C)[C@@H]1CC[C@@H](C)C[C@H]1C(=O)N[C@H](CO)Cc1ccccc1. The first-order valence-electron chi connectivity index (χ1n) is 8.96. The predicted octanol–water partition coefficient (Wildman–Crippen LogP) is 3.41. The van der Waals surface area contributed by atoms with Gasteiger partial charge in [0.2, 0.25) is 5.91 Å². The number of rotatable bonds is 6. The van der Waals surface area contributed by atoms with Crippen LogP contribution in [0.1, 0.15) is 45.6 Å². The van der Waals surface area contributed by atoms with Crippen molar-refractivity contribution in [2.75, 3.05) is 6.61 Å². The van der Waals surface area contributed by atoms with Gasteiger partial charge in [-0.05, 0) is 42.6 Å². The highest BCUT2D eigenvalue weighted by atomic mass is 16.3. The van der Waals surface area contributed by atoms with Gasteiger partial charge in [-0.15, -0.1) is 0 Å². The minimum atomic E-state index is -0.199. The quantitative estimate of drug-likeness (QED) is 0.844. The monoisotopic (exact) mass is 317 g/mol. The van der Waals surface area contributed by atoms with Gasteiger partial charge in [0.05, 0.1) is 12.6 Å². The van der Waals surface area contributed by atoms with Crippen LogP contribution in [0.3, 0.4) is 0 Å². The van der Waals surface area contributed by atoms with Crippen LogP contribution in [0.4, 0.5) is 0 Å². The average Bonchev–Trinajstić information content (AvgIpc) is 2.54. The summed E-state index contributed by atoms with van der Waals surface area (Å²) in [7, 11) is 0. The van der Waals surface area contributed by atoms with E-state index in [4.69, 9.17) is 0 Å². The Morgan fingerprint density at radius 3 is 2.57 bits per heavy atom. The number of nitrogens with one attached hydrogen (secondary N) is 1. The van der Waals surface area contributed by atoms with Gasteiger partial charge in [0.1, 0.15) is 0 Å². The van der Waals surface area contributed by atoms with Crippen LogP contribution in [0.25, 0.3) is 0 Å². The van der Waals surface area contributed by atoms with Gasteiger partial charge in [-0.1, -0.05) is 57.5 Å². The Kier molecular flexibility index (Phi) is 6.64. The zero-order valence-corrected chi connectivity index (χ0v) is 14.7. The Labute approximate surface area is 140 Å². The van der Waals surface area contributed by atoms with Crippen LogP contribution < -0.4 is 5.32 Å². The van der Waals surface area contributed by atoms with Crippen molar-refractivity contribution in [1.29, 1.82) is 0 Å². The summed E-state index contributed by atoms with van der Waals surface area (Å²) >= 11 is 0. The smallest absolute Gasteiger partial charge is 0.223 e. The molecule has 0 heterocycles. The maximum atomic E-state index is 12.8. The molecule has 3 heteroatoms. The van der Waals surface area contributed by atoms with Crippen LogP contribution in [-0.2, 0) is 11.2 Å². The number of hydrogen-bond donors (Lipinski definition) is 2. The Hall–Kier alpha value is -1.35. The summed E-state index contributed by atoms with van der Waals surface area (Å²) in [4.78, 5) is 12.8. The van der Waals surface area contributed by atoms with Gasteiger partial charge in [-0.3, -0.25) is 4.79 Å². The molecule has 1 aliphatic rings. The van der Waals surface area contributed by atoms with E-state index >= 15 is 0 Å². The summed E-state index contributed by atoms with van der Waals surface area (Å²) in [5.74, 6) is 1.82. The number of hydrogen-bond acceptors (Lipinski definition) is 2. The molecular weight excluding hydrogens is 286 g/mol. The van der Waals surface area contributed by atoms with Gasteiger partial charge in [0.15, 0.2) is 0 Å². The third kappa shape index (κ3) is 5.07. The minimum Gasteiger partial charge on any atom is -0.394 e. The van der Waals surface area contributed by atoms with Crippen LogP contribution in [0, 0.1) is 23.7 Å². The maximum absolute atomic E-state index is 12.8. The molecule has 3 nitrogen and oxygen atoms in total. The zero-order chi connectivity index (χ0) is 16.8. The number of aliphatic hydroxyl groups is 1. The maximum Gasteiger partial charge on any atom is 0.223 e. The molecule has 128 valence electrons. The number of amides is 1. The lowest BCUT2D eigenvalue weighted by Gasteiger charge is -2.37. The van der Waals surface area contributed by atoms with E-state index < -0.39 is 0 Å². The van der Waals surface area contributed by atoms with Gasteiger partial charge in [0, 0.05) is 5.92 Å². The van der Waals surface area contributed by atoms with E-state index in [0.717, 1.165) is 18.4 Å². The molecule has 0 unspecified atom stereocenters. The van der Waals surface area contributed by atoms with Gasteiger partial charge >= 0.3 is 0 Å². The molecule has 0 saturated heterocycles. The molecule has 2 N–H and O–H groups in total. The van der Waals surface area contributed by atoms with Crippen molar-refractivity contribution >= 4 is 5.91 Å². The number of benzene rings is 1. The van der Waals surface area contributed by atoms with Crippen molar-refractivity contribution in [2.24, 2.45) is 23.7 Å². The fraction of sp³-hybridized carbons (Fsp3) is 0.650. The molecule has 1 fully saturated rings. The molecule has 1 aromatic rings. The van der Waals surface area contributed by atoms with Gasteiger partial charge < -0.3 is 10.4 Å². The van der Waals surface area contributed by atoms with Crippen molar-refractivity contribution in [3.8, 4) is 0 Å². The van der Waals surface area contributed by atoms with Crippen LogP contribution in [0.2, 0.25) is 0 Å². The summed E-state index contributed by atoms with van der Waals surface area (Å²) in [6.45, 7) is 6.66. The Morgan fingerprint density at radius 1 is 1.26 bits per heavy atom. The summed E-state index contributed by atoms with van der Waals surface area (Å²) in [6, 6.07) is 9.83. The van der Waals surface area contributed by atoms with E-state index in [2.05, 4.69) is 26.1 Å². The standard InChI is InChI=1S/C20H31NO2/c1-14(2)18-10-9-15(3)11-19(18)20(23)21-17(13-22)12-16-7-5-4-6-8-16/h4-8,14-15,17-19,22H,9-13H2,1-3H3,(H,21,23)/t15-,17+,18+,19-/m1/s1. The molecule has 0 bridgehead atoms. The van der Waals surface area contributed by atoms with E-state index in [1.807, 2.05) is 30.3 Å². The molecule has 1 amide bonds. The molecule has 0 aliphatic heterocycles. The lowest BCUT2D eigenvalue weighted by atomic mass is 9.69. The van der Waals surface area contributed by atoms with Crippen LogP contribution in [0.5, 0.6) is 0 Å². The van der Waals surface area contributed by atoms with E-state index in [9.17, 15) is 9.90 Å². The van der Waals surface area contributed by atoms with Gasteiger partial charge in [-0.2, -0.15) is 0 Å². The number of carbonyl (C=O) groups is 1. The molecule has 0 spiro atoms. The van der Waals surface area contributed by atoms with Crippen LogP contribution in [-0.4, -0.2) is 23.7 Å². The third-order valence-electron chi connectivity index (χ3n) is 5.25. The summed E-state index contributed by atoms with van der Waals surface area (Å²) in [5.41, 5.74) is 1.14. The van der Waals surface area contributed by atoms with E-state index in [-0.39, 0.29) is 24.5 Å². The molecular formula is C20H31NO2. The number of carbonyl (C=O) groups excluding carboxylic acids is 1. The van der Waals surface area contributed by atoms with E-state index in [1.54, 1.807) is 0 Å². The highest BCUT2D eigenvalue weighted by Crippen LogP contribution is 2.38. The lowest BCUT2D eigenvalue weighted by molar-refractivity contribution is -0.130. The fourth-order valence-electron chi connectivity index (χ4n) is 3.87. The first-order valence-corrected chi connectivity index (χ1v) is 8.96. The second-order valence-corrected chi connectivity index (χ2v) is 7.51. The first-order chi connectivity index (χ1) is 11.0. The highest BCUT2D eigenvalue weighted by molar-refractivity contribution is 5.79. The molecule has 1 aliphatic carbocycles. The second-order valence-electron chi connectivity index (χ2n) is 7.51. The third-order valence-corrected chi connectivity index (χ3v) is 5.25. The molecule has 1 saturated carbocycles. The Balaban J connectivity index is 1.99. The average molecular weight is 317 g/mol. The Bertz CT molecular complexity index is 486. The first kappa shape index (κ1) is 18.0. The highest BCUT2D eigenvalue weighted by Gasteiger charge is 2.35. The van der Waals surface area contributed by atoms with Gasteiger partial charge in [-0.25, -0.2) is 0 Å². The molecule has 1 aromatic carbocycles. The normalized spacial score (nSPS) is 26.0. The van der Waals surface area contributed by atoms with Crippen LogP contribution in [0.15, 0.2) is 30.3 Å². The van der Waals surface area contributed by atoms with E-state index in [0.29, 0.717) is 24.2 Å². The largest absolute Gasteiger partial charge is 0.394 e. The number of aliphatic hydroxyl groups excluding tert-OH is 1. The summed E-state index contributed by atoms with van der Waals surface area (Å²) in [6.07, 6.45) is 4.01. The zero-order valence-electron chi connectivity index (χ0n) is 14.7. The topological polar surface area (TPSA) is 49.3 Å². The summed E-state index contributed by atoms with van der Waals surface area (Å²) in [5, 5.41) is 12.7. The predicted molar refractivity (Wildman–Crippen MR) is 94.0 cm³/mol. The molecule has 23 heavy (non-hydrogen) atoms. The summed E-state index contributed by atoms with van der Waals surface area (Å²) < 4.78 is 0. The Morgan fingerprint density at radius 2 is 1.96 bits per heavy atom. The minimum absolute atomic E-state index is 0.0186. The van der Waals surface area contributed by atoms with Crippen molar-refractivity contribution in [3.05, 3.63) is 35.9 Å². The molecule has 0 radical (unpaired) electrons. The van der Waals surface area contributed by atoms with Gasteiger partial charge in [0.25, 0.3) is 0 Å². The van der Waals surface area contributed by atoms with Crippen LogP contribution >= 0.6 is 0 Å². The van der Waals surface area contributed by atoms with Crippen molar-refractivity contribution < 1.29 is 9.90 Å². The fourth-order valence-corrected chi connectivity index (χ4v) is 3.87. The lowest BCUT2D eigenvalue weighted by Crippen LogP contribution is -2.46.